The van der Waals surface area contributed by atoms with Crippen LogP contribution in [0.2, 0.25) is 0 Å². The van der Waals surface area contributed by atoms with Crippen molar-refractivity contribution < 1.29 is 86.6 Å². The van der Waals surface area contributed by atoms with Crippen molar-refractivity contribution in [1.82, 2.24) is 5.32 Å². The molecule has 0 spiro atoms. The molecule has 100 valence electrons. The number of nitrogens with one attached hydrogen (secondary N) is 1. The van der Waals surface area contributed by atoms with Crippen molar-refractivity contribution in [3.63, 3.8) is 0 Å². The standard InChI is InChI=1S/C12H13NO5.2Na.2H/c14-10(15)7-6-9(12(17)18)13-11(16)8-4-2-1-3-5-8;;;;/h1-5,9H,6-7H2,(H,13,16)(H,14,15)(H,17,18);;;;/q;2*+1;2*-1/t9-;;;;/m0..../s1. The number of carbonyl (C=O) groups excluding carboxylic acids is 1. The van der Waals surface area contributed by atoms with E-state index in [0.29, 0.717) is 5.56 Å². The van der Waals surface area contributed by atoms with Gasteiger partial charge in [0.15, 0.2) is 0 Å². The van der Waals surface area contributed by atoms with Crippen molar-refractivity contribution in [1.29, 1.82) is 0 Å². The van der Waals surface area contributed by atoms with Crippen molar-refractivity contribution in [2.75, 3.05) is 0 Å². The molecule has 6 nitrogen and oxygen atoms in total. The van der Waals surface area contributed by atoms with Gasteiger partial charge >= 0.3 is 71.1 Å². The van der Waals surface area contributed by atoms with Crippen LogP contribution in [0.3, 0.4) is 0 Å². The molecule has 0 aliphatic rings. The summed E-state index contributed by atoms with van der Waals surface area (Å²) in [6.07, 6.45) is -0.463. The number of carboxylic acids is 2. The van der Waals surface area contributed by atoms with Crippen molar-refractivity contribution in [2.24, 2.45) is 0 Å². The van der Waals surface area contributed by atoms with E-state index in [0.717, 1.165) is 0 Å². The number of carbonyl (C=O) groups is 3. The second kappa shape index (κ2) is 11.3. The fourth-order valence-electron chi connectivity index (χ4n) is 1.36. The summed E-state index contributed by atoms with van der Waals surface area (Å²) >= 11 is 0. The molecule has 20 heavy (non-hydrogen) atoms. The maximum absolute atomic E-state index is 11.7. The van der Waals surface area contributed by atoms with E-state index in [9.17, 15) is 14.4 Å². The third-order valence-corrected chi connectivity index (χ3v) is 2.29. The molecule has 1 amide bonds. The zero-order valence-electron chi connectivity index (χ0n) is 13.5. The van der Waals surface area contributed by atoms with Crippen LogP contribution in [0.25, 0.3) is 0 Å². The Labute approximate surface area is 163 Å². The number of benzene rings is 1. The van der Waals surface area contributed by atoms with Gasteiger partial charge in [0.05, 0.1) is 0 Å². The third-order valence-electron chi connectivity index (χ3n) is 2.29. The molecule has 1 atom stereocenters. The predicted molar refractivity (Wildman–Crippen MR) is 64.4 cm³/mol. The quantitative estimate of drug-likeness (QED) is 0.456. The molecule has 0 aliphatic heterocycles. The second-order valence-electron chi connectivity index (χ2n) is 3.66. The molecule has 0 saturated heterocycles. The summed E-state index contributed by atoms with van der Waals surface area (Å²) in [6.45, 7) is 0. The molecule has 0 bridgehead atoms. The fraction of sp³-hybridized carbons (Fsp3) is 0.250. The third kappa shape index (κ3) is 8.04. The Morgan fingerprint density at radius 2 is 1.65 bits per heavy atom. The zero-order valence-corrected chi connectivity index (χ0v) is 15.5. The Bertz CT molecular complexity index is 462. The first-order chi connectivity index (χ1) is 8.50. The van der Waals surface area contributed by atoms with Gasteiger partial charge in [0.2, 0.25) is 0 Å². The first-order valence-corrected chi connectivity index (χ1v) is 5.31. The van der Waals surface area contributed by atoms with Crippen LogP contribution in [0, 0.1) is 0 Å². The number of amides is 1. The average Bonchev–Trinajstić information content (AvgIpc) is 2.34. The van der Waals surface area contributed by atoms with Crippen molar-refractivity contribution >= 4 is 17.8 Å². The molecule has 0 aromatic heterocycles. The van der Waals surface area contributed by atoms with E-state index in [-0.39, 0.29) is 74.8 Å². The van der Waals surface area contributed by atoms with E-state index in [2.05, 4.69) is 5.32 Å². The smallest absolute Gasteiger partial charge is 1.00 e. The second-order valence-corrected chi connectivity index (χ2v) is 3.66. The maximum atomic E-state index is 11.7. The van der Waals surface area contributed by atoms with E-state index >= 15 is 0 Å². The molecule has 0 unspecified atom stereocenters. The van der Waals surface area contributed by atoms with Crippen LogP contribution in [0.4, 0.5) is 0 Å². The number of hydrogen-bond donors (Lipinski definition) is 3. The monoisotopic (exact) mass is 299 g/mol. The van der Waals surface area contributed by atoms with Gasteiger partial charge in [-0.15, -0.1) is 0 Å². The molecule has 0 heterocycles. The summed E-state index contributed by atoms with van der Waals surface area (Å²) in [7, 11) is 0. The first kappa shape index (κ1) is 21.9. The van der Waals surface area contributed by atoms with Gasteiger partial charge in [-0.05, 0) is 18.6 Å². The summed E-state index contributed by atoms with van der Waals surface area (Å²) in [6, 6.07) is 6.94. The largest absolute Gasteiger partial charge is 1.00 e. The minimum absolute atomic E-state index is 0. The molecular formula is C12H15NNa2O5. The molecule has 0 radical (unpaired) electrons. The number of rotatable bonds is 6. The summed E-state index contributed by atoms with van der Waals surface area (Å²) in [5.41, 5.74) is 0.332. The Hall–Kier alpha value is -0.370. The molecule has 0 fully saturated rings. The van der Waals surface area contributed by atoms with Crippen LogP contribution >= 0.6 is 0 Å². The summed E-state index contributed by atoms with van der Waals surface area (Å²) < 4.78 is 0. The van der Waals surface area contributed by atoms with Crippen LogP contribution in [-0.4, -0.2) is 34.1 Å². The number of aliphatic carboxylic acids is 2. The molecule has 0 aliphatic carbocycles. The van der Waals surface area contributed by atoms with Crippen LogP contribution in [0.1, 0.15) is 26.1 Å². The molecule has 8 heteroatoms. The topological polar surface area (TPSA) is 104 Å². The van der Waals surface area contributed by atoms with Gasteiger partial charge < -0.3 is 18.4 Å². The molecular weight excluding hydrogens is 284 g/mol. The average molecular weight is 299 g/mol. The fourth-order valence-corrected chi connectivity index (χ4v) is 1.36. The van der Waals surface area contributed by atoms with Gasteiger partial charge in [-0.2, -0.15) is 0 Å². The SMILES string of the molecule is O=C(O)CC[C@H](NC(=O)c1ccccc1)C(=O)O.[H-].[H-].[Na+].[Na+]. The molecule has 0 saturated carbocycles. The zero-order chi connectivity index (χ0) is 13.5. The van der Waals surface area contributed by atoms with E-state index in [1.54, 1.807) is 30.3 Å². The van der Waals surface area contributed by atoms with Crippen molar-refractivity contribution in [2.45, 2.75) is 18.9 Å². The van der Waals surface area contributed by atoms with E-state index in [1.807, 2.05) is 0 Å². The maximum Gasteiger partial charge on any atom is 1.00 e. The molecule has 1 aromatic carbocycles. The molecule has 1 rings (SSSR count). The van der Waals surface area contributed by atoms with E-state index in [1.165, 1.54) is 0 Å². The number of hydrogen-bond acceptors (Lipinski definition) is 3. The van der Waals surface area contributed by atoms with E-state index < -0.39 is 23.9 Å². The van der Waals surface area contributed by atoms with Gasteiger partial charge in [-0.3, -0.25) is 9.59 Å². The molecule has 3 N–H and O–H groups in total. The van der Waals surface area contributed by atoms with Gasteiger partial charge in [-0.25, -0.2) is 4.79 Å². The van der Waals surface area contributed by atoms with Gasteiger partial charge in [0, 0.05) is 12.0 Å². The van der Waals surface area contributed by atoms with Crippen molar-refractivity contribution in [3.8, 4) is 0 Å². The summed E-state index contributed by atoms with van der Waals surface area (Å²) in [5, 5.41) is 19.7. The van der Waals surface area contributed by atoms with Crippen LogP contribution in [-0.2, 0) is 9.59 Å². The van der Waals surface area contributed by atoms with Crippen LogP contribution < -0.4 is 64.4 Å². The minimum atomic E-state index is -1.25. The predicted octanol–water partition coefficient (Wildman–Crippen LogP) is -5.03. The summed E-state index contributed by atoms with van der Waals surface area (Å²) in [4.78, 5) is 32.9. The first-order valence-electron chi connectivity index (χ1n) is 5.31. The number of carboxylic acid groups (broad SMARTS) is 2. The molecule has 1 aromatic rings. The Morgan fingerprint density at radius 1 is 1.10 bits per heavy atom. The van der Waals surface area contributed by atoms with Crippen LogP contribution in [0.5, 0.6) is 0 Å². The summed E-state index contributed by atoms with van der Waals surface area (Å²) in [5.74, 6) is -2.89. The van der Waals surface area contributed by atoms with Gasteiger partial charge in [-0.1, -0.05) is 18.2 Å². The normalized spacial score (nSPS) is 10.4. The minimum Gasteiger partial charge on any atom is -1.00 e. The van der Waals surface area contributed by atoms with E-state index in [4.69, 9.17) is 10.2 Å². The Morgan fingerprint density at radius 3 is 2.10 bits per heavy atom. The van der Waals surface area contributed by atoms with Gasteiger partial charge in [0.1, 0.15) is 6.04 Å². The Balaban J connectivity index is -0.000000405. The van der Waals surface area contributed by atoms with Crippen LogP contribution in [0.15, 0.2) is 30.3 Å². The van der Waals surface area contributed by atoms with Crippen molar-refractivity contribution in [3.05, 3.63) is 35.9 Å². The van der Waals surface area contributed by atoms with Gasteiger partial charge in [0.25, 0.3) is 5.91 Å². The Kier molecular flexibility index (Phi) is 12.4.